The van der Waals surface area contributed by atoms with Crippen LogP contribution in [-0.2, 0) is 12.4 Å². The second kappa shape index (κ2) is 13.5. The van der Waals surface area contributed by atoms with Gasteiger partial charge in [0.05, 0.1) is 16.7 Å². The lowest BCUT2D eigenvalue weighted by molar-refractivity contribution is -0.583. The Bertz CT molecular complexity index is 1860. The smallest absolute Gasteiger partial charge is 0.194 e. The normalized spacial score (nSPS) is 12.6. The number of hydrogen-bond acceptors (Lipinski definition) is 0. The Morgan fingerprint density at radius 3 is 1.35 bits per heavy atom. The van der Waals surface area contributed by atoms with Gasteiger partial charge in [0, 0.05) is 27.8 Å². The Morgan fingerprint density at radius 2 is 0.939 bits per heavy atom. The zero-order valence-corrected chi connectivity index (χ0v) is 29.1. The predicted molar refractivity (Wildman–Crippen MR) is 185 cm³/mol. The van der Waals surface area contributed by atoms with Crippen LogP contribution in [0.2, 0.25) is 0 Å². The highest BCUT2D eigenvalue weighted by Gasteiger charge is 2.40. The van der Waals surface area contributed by atoms with E-state index in [9.17, 15) is 26.3 Å². The Hall–Kier alpha value is -4.33. The molecule has 0 amide bonds. The maximum absolute atomic E-state index is 14.3. The number of benzene rings is 4. The lowest BCUT2D eigenvalue weighted by atomic mass is 9.91. The lowest BCUT2D eigenvalue weighted by Gasteiger charge is -2.20. The van der Waals surface area contributed by atoms with Crippen LogP contribution >= 0.6 is 0 Å². The number of nitrogens with zero attached hydrogens (tertiary/aromatic N) is 2. The van der Waals surface area contributed by atoms with Crippen molar-refractivity contribution < 1.29 is 30.9 Å². The summed E-state index contributed by atoms with van der Waals surface area (Å²) in [6, 6.07) is 23.4. The number of hydrogen-bond donors (Lipinski definition) is 0. The van der Waals surface area contributed by atoms with E-state index in [4.69, 9.17) is 0 Å². The molecule has 0 aliphatic rings. The van der Waals surface area contributed by atoms with E-state index < -0.39 is 23.5 Å². The first-order chi connectivity index (χ1) is 22.9. The van der Waals surface area contributed by atoms with Crippen molar-refractivity contribution in [2.75, 3.05) is 0 Å². The van der Waals surface area contributed by atoms with Crippen molar-refractivity contribution in [2.45, 2.75) is 91.4 Å². The summed E-state index contributed by atoms with van der Waals surface area (Å²) in [5, 5.41) is 0. The Kier molecular flexibility index (Phi) is 9.93. The van der Waals surface area contributed by atoms with Crippen LogP contribution in [0.4, 0.5) is 26.3 Å². The number of alkyl halides is 6. The second-order valence-corrected chi connectivity index (χ2v) is 13.9. The van der Waals surface area contributed by atoms with Gasteiger partial charge in [0.2, 0.25) is 0 Å². The SMILES string of the molecule is CC(C)c1cccc(C(C)C)c1-n1c(-c2cc(C(F)(F)F)cc(C(F)(F)F)c2)c[n+](-c2c(C(C)C)cccc2C(C)C)c1-c1ccccc1. The van der Waals surface area contributed by atoms with E-state index in [2.05, 4.69) is 27.7 Å². The minimum atomic E-state index is -5.00. The minimum absolute atomic E-state index is 0.0116. The average Bonchev–Trinajstić information content (AvgIpc) is 3.43. The molecule has 258 valence electrons. The van der Waals surface area contributed by atoms with Gasteiger partial charge < -0.3 is 0 Å². The number of halogens is 6. The van der Waals surface area contributed by atoms with Crippen LogP contribution in [0.5, 0.6) is 0 Å². The third-order valence-corrected chi connectivity index (χ3v) is 9.00. The van der Waals surface area contributed by atoms with Gasteiger partial charge in [-0.25, -0.2) is 0 Å². The first kappa shape index (κ1) is 36.0. The van der Waals surface area contributed by atoms with Gasteiger partial charge in [-0.05, 0) is 54.0 Å². The van der Waals surface area contributed by atoms with E-state index in [0.29, 0.717) is 5.82 Å². The van der Waals surface area contributed by atoms with E-state index in [1.807, 2.05) is 104 Å². The van der Waals surface area contributed by atoms with Crippen molar-refractivity contribution in [1.82, 2.24) is 4.57 Å². The number of aromatic nitrogens is 2. The van der Waals surface area contributed by atoms with Crippen molar-refractivity contribution in [1.29, 1.82) is 0 Å². The molecule has 0 saturated heterocycles. The van der Waals surface area contributed by atoms with Gasteiger partial charge in [0.1, 0.15) is 17.6 Å². The average molecular weight is 678 g/mol. The van der Waals surface area contributed by atoms with Crippen LogP contribution in [0.15, 0.2) is 91.1 Å². The fourth-order valence-corrected chi connectivity index (χ4v) is 6.58. The van der Waals surface area contributed by atoms with E-state index in [1.54, 1.807) is 6.20 Å². The van der Waals surface area contributed by atoms with Crippen LogP contribution in [0.25, 0.3) is 34.0 Å². The predicted octanol–water partition coefficient (Wildman–Crippen LogP) is 12.6. The van der Waals surface area contributed by atoms with Gasteiger partial charge in [0.25, 0.3) is 5.82 Å². The molecule has 8 heteroatoms. The van der Waals surface area contributed by atoms with Crippen molar-refractivity contribution in [2.24, 2.45) is 0 Å². The van der Waals surface area contributed by atoms with Gasteiger partial charge in [-0.3, -0.25) is 0 Å². The van der Waals surface area contributed by atoms with Crippen molar-refractivity contribution in [3.8, 4) is 34.0 Å². The Balaban J connectivity index is 2.12. The molecule has 1 heterocycles. The molecule has 0 N–H and O–H groups in total. The molecular formula is C41H43F6N2+. The highest BCUT2D eigenvalue weighted by molar-refractivity contribution is 5.72. The fraction of sp³-hybridized carbons (Fsp3) is 0.341. The maximum atomic E-state index is 14.3. The van der Waals surface area contributed by atoms with Gasteiger partial charge >= 0.3 is 12.4 Å². The first-order valence-corrected chi connectivity index (χ1v) is 16.7. The van der Waals surface area contributed by atoms with Crippen LogP contribution in [0.1, 0.15) is 112 Å². The maximum Gasteiger partial charge on any atom is 0.416 e. The summed E-state index contributed by atoms with van der Waals surface area (Å²) in [5.74, 6) is 0.740. The fourth-order valence-electron chi connectivity index (χ4n) is 6.58. The third-order valence-electron chi connectivity index (χ3n) is 9.00. The van der Waals surface area contributed by atoms with Gasteiger partial charge in [-0.1, -0.05) is 110 Å². The van der Waals surface area contributed by atoms with Crippen molar-refractivity contribution in [3.63, 3.8) is 0 Å². The van der Waals surface area contributed by atoms with Gasteiger partial charge in [-0.15, -0.1) is 0 Å². The number of para-hydroxylation sites is 2. The molecule has 0 bridgehead atoms. The summed E-state index contributed by atoms with van der Waals surface area (Å²) in [7, 11) is 0. The molecule has 49 heavy (non-hydrogen) atoms. The quantitative estimate of drug-likeness (QED) is 0.114. The summed E-state index contributed by atoms with van der Waals surface area (Å²) >= 11 is 0. The molecule has 2 nitrogen and oxygen atoms in total. The van der Waals surface area contributed by atoms with Crippen LogP contribution in [-0.4, -0.2) is 4.57 Å². The highest BCUT2D eigenvalue weighted by atomic mass is 19.4. The largest absolute Gasteiger partial charge is 0.416 e. The van der Waals surface area contributed by atoms with Crippen LogP contribution in [0.3, 0.4) is 0 Å². The van der Waals surface area contributed by atoms with E-state index in [1.165, 1.54) is 0 Å². The molecule has 0 unspecified atom stereocenters. The highest BCUT2D eigenvalue weighted by Crippen LogP contribution is 2.43. The molecule has 1 aromatic heterocycles. The minimum Gasteiger partial charge on any atom is -0.194 e. The third kappa shape index (κ3) is 7.06. The Labute approximate surface area is 285 Å². The second-order valence-electron chi connectivity index (χ2n) is 13.9. The zero-order chi connectivity index (χ0) is 36.0. The molecule has 0 saturated carbocycles. The summed E-state index contributed by atoms with van der Waals surface area (Å²) in [6.07, 6.45) is -8.27. The van der Waals surface area contributed by atoms with Crippen LogP contribution < -0.4 is 4.57 Å². The summed E-state index contributed by atoms with van der Waals surface area (Å²) in [5.41, 5.74) is 3.58. The number of rotatable bonds is 8. The first-order valence-electron chi connectivity index (χ1n) is 16.7. The number of imidazole rings is 1. The molecular weight excluding hydrogens is 634 g/mol. The molecule has 4 aromatic carbocycles. The molecule has 0 fully saturated rings. The van der Waals surface area contributed by atoms with Crippen molar-refractivity contribution >= 4 is 0 Å². The van der Waals surface area contributed by atoms with Crippen molar-refractivity contribution in [3.05, 3.63) is 125 Å². The topological polar surface area (TPSA) is 8.81 Å². The molecule has 5 rings (SSSR count). The zero-order valence-electron chi connectivity index (χ0n) is 29.1. The van der Waals surface area contributed by atoms with Gasteiger partial charge in [-0.2, -0.15) is 35.5 Å². The molecule has 0 aliphatic heterocycles. The van der Waals surface area contributed by atoms with Gasteiger partial charge in [0.15, 0.2) is 5.69 Å². The van der Waals surface area contributed by atoms with E-state index in [-0.39, 0.29) is 41.0 Å². The summed E-state index contributed by atoms with van der Waals surface area (Å²) < 4.78 is 89.9. The Morgan fingerprint density at radius 1 is 0.510 bits per heavy atom. The summed E-state index contributed by atoms with van der Waals surface area (Å²) in [4.78, 5) is 0. The van der Waals surface area contributed by atoms with E-state index in [0.717, 1.165) is 51.3 Å². The molecule has 0 aliphatic carbocycles. The standard InChI is InChI=1S/C41H43F6N2/c1-24(2)32-16-12-17-33(25(3)4)37(32)48-23-36(29-20-30(40(42,43)44)22-31(21-29)41(45,46)47)49(39(48)28-14-10-9-11-15-28)38-34(26(5)6)18-13-19-35(38)27(7)8/h9-27H,1-8H3/q+1. The summed E-state index contributed by atoms with van der Waals surface area (Å²) in [6.45, 7) is 16.5. The van der Waals surface area contributed by atoms with Crippen LogP contribution in [0, 0.1) is 0 Å². The molecule has 5 aromatic rings. The molecule has 0 atom stereocenters. The monoisotopic (exact) mass is 677 g/mol. The van der Waals surface area contributed by atoms with E-state index >= 15 is 0 Å². The lowest BCUT2D eigenvalue weighted by Crippen LogP contribution is -2.35. The molecule has 0 radical (unpaired) electrons. The molecule has 0 spiro atoms.